The van der Waals surface area contributed by atoms with Crippen molar-refractivity contribution in [2.75, 3.05) is 18.0 Å². The molecule has 0 spiro atoms. The van der Waals surface area contributed by atoms with E-state index in [1.807, 2.05) is 0 Å². The average Bonchev–Trinajstić information content (AvgIpc) is 2.43. The fourth-order valence-electron chi connectivity index (χ4n) is 1.91. The molecule has 0 aromatic heterocycles. The minimum absolute atomic E-state index is 0.351. The largest absolute Gasteiger partial charge is 0.417 e. The first-order valence-electron chi connectivity index (χ1n) is 6.30. The van der Waals surface area contributed by atoms with Crippen molar-refractivity contribution in [3.8, 4) is 12.1 Å². The zero-order valence-electron chi connectivity index (χ0n) is 11.8. The van der Waals surface area contributed by atoms with Crippen LogP contribution >= 0.6 is 0 Å². The van der Waals surface area contributed by atoms with E-state index < -0.39 is 35.9 Å². The summed E-state index contributed by atoms with van der Waals surface area (Å²) in [6, 6.07) is 5.41. The Kier molecular flexibility index (Phi) is 5.49. The van der Waals surface area contributed by atoms with Gasteiger partial charge >= 0.3 is 12.4 Å². The molecule has 1 rings (SSSR count). The van der Waals surface area contributed by atoms with Crippen LogP contribution in [0.4, 0.5) is 32.0 Å². The van der Waals surface area contributed by atoms with E-state index in [4.69, 9.17) is 10.5 Å². The number of halogens is 6. The molecule has 9 heteroatoms. The van der Waals surface area contributed by atoms with Crippen LogP contribution in [0, 0.1) is 28.6 Å². The Morgan fingerprint density at radius 3 is 2.17 bits per heavy atom. The Labute approximate surface area is 128 Å². The molecule has 0 aliphatic heterocycles. The molecular formula is C14H11F6N3. The van der Waals surface area contributed by atoms with E-state index in [2.05, 4.69) is 0 Å². The third-order valence-electron chi connectivity index (χ3n) is 2.88. The van der Waals surface area contributed by atoms with Crippen LogP contribution in [0.15, 0.2) is 18.2 Å². The number of hydrogen-bond acceptors (Lipinski definition) is 3. The lowest BCUT2D eigenvalue weighted by atomic mass is 10.1. The third-order valence-corrected chi connectivity index (χ3v) is 2.88. The molecule has 1 aromatic carbocycles. The fraction of sp³-hybridized carbons (Fsp3) is 0.429. The maximum absolute atomic E-state index is 12.9. The molecule has 0 amide bonds. The minimum atomic E-state index is -4.87. The number of benzene rings is 1. The quantitative estimate of drug-likeness (QED) is 0.778. The Morgan fingerprint density at radius 2 is 1.74 bits per heavy atom. The first-order valence-corrected chi connectivity index (χ1v) is 6.30. The van der Waals surface area contributed by atoms with Crippen molar-refractivity contribution in [2.24, 2.45) is 5.92 Å². The summed E-state index contributed by atoms with van der Waals surface area (Å²) in [5.41, 5.74) is -2.34. The number of alkyl halides is 6. The molecule has 0 heterocycles. The summed E-state index contributed by atoms with van der Waals surface area (Å²) in [6.07, 6.45) is -9.52. The fourth-order valence-corrected chi connectivity index (χ4v) is 1.91. The highest BCUT2D eigenvalue weighted by Gasteiger charge is 2.36. The van der Waals surface area contributed by atoms with Crippen molar-refractivity contribution < 1.29 is 26.3 Å². The van der Waals surface area contributed by atoms with Crippen molar-refractivity contribution in [3.63, 3.8) is 0 Å². The monoisotopic (exact) mass is 335 g/mol. The molecule has 0 fully saturated rings. The van der Waals surface area contributed by atoms with Crippen LogP contribution in [-0.4, -0.2) is 19.3 Å². The minimum Gasteiger partial charge on any atom is -0.361 e. The van der Waals surface area contributed by atoms with E-state index >= 15 is 0 Å². The van der Waals surface area contributed by atoms with Gasteiger partial charge in [-0.15, -0.1) is 0 Å². The van der Waals surface area contributed by atoms with Gasteiger partial charge in [-0.1, -0.05) is 0 Å². The Bertz CT molecular complexity index is 636. The van der Waals surface area contributed by atoms with Gasteiger partial charge in [-0.25, -0.2) is 0 Å². The van der Waals surface area contributed by atoms with Gasteiger partial charge in [-0.05, 0) is 25.1 Å². The normalized spacial score (nSPS) is 13.1. The molecule has 3 nitrogen and oxygen atoms in total. The summed E-state index contributed by atoms with van der Waals surface area (Å²) in [4.78, 5) is 0.643. The molecule has 0 N–H and O–H groups in total. The van der Waals surface area contributed by atoms with Crippen LogP contribution in [0.3, 0.4) is 0 Å². The lowest BCUT2D eigenvalue weighted by Crippen LogP contribution is -2.37. The highest BCUT2D eigenvalue weighted by Crippen LogP contribution is 2.35. The third kappa shape index (κ3) is 5.37. The molecule has 1 unspecified atom stereocenters. The van der Waals surface area contributed by atoms with Gasteiger partial charge in [-0.3, -0.25) is 0 Å². The average molecular weight is 335 g/mol. The van der Waals surface area contributed by atoms with E-state index in [1.54, 1.807) is 6.07 Å². The topological polar surface area (TPSA) is 50.8 Å². The second kappa shape index (κ2) is 6.78. The van der Waals surface area contributed by atoms with Gasteiger partial charge < -0.3 is 4.90 Å². The molecule has 1 aromatic rings. The van der Waals surface area contributed by atoms with Crippen molar-refractivity contribution in [1.29, 1.82) is 10.5 Å². The first kappa shape index (κ1) is 18.6. The number of rotatable bonds is 4. The first-order chi connectivity index (χ1) is 10.5. The molecule has 0 bridgehead atoms. The summed E-state index contributed by atoms with van der Waals surface area (Å²) in [6.45, 7) is -0.529. The summed E-state index contributed by atoms with van der Waals surface area (Å²) in [7, 11) is 0. The van der Waals surface area contributed by atoms with Gasteiger partial charge in [0.1, 0.15) is 6.54 Å². The van der Waals surface area contributed by atoms with Gasteiger partial charge in [0.25, 0.3) is 0 Å². The van der Waals surface area contributed by atoms with Crippen molar-refractivity contribution in [2.45, 2.75) is 19.3 Å². The van der Waals surface area contributed by atoms with Crippen molar-refractivity contribution >= 4 is 5.69 Å². The summed E-state index contributed by atoms with van der Waals surface area (Å²) in [5.74, 6) is -0.817. The maximum Gasteiger partial charge on any atom is 0.417 e. The van der Waals surface area contributed by atoms with Crippen LogP contribution in [0.25, 0.3) is 0 Å². The molecule has 1 atom stereocenters. The van der Waals surface area contributed by atoms with Crippen molar-refractivity contribution in [3.05, 3.63) is 29.3 Å². The maximum atomic E-state index is 12.9. The molecule has 0 aliphatic carbocycles. The molecule has 124 valence electrons. The van der Waals surface area contributed by atoms with E-state index in [1.165, 1.54) is 13.0 Å². The molecule has 0 saturated heterocycles. The van der Waals surface area contributed by atoms with Crippen LogP contribution in [0.2, 0.25) is 0 Å². The van der Waals surface area contributed by atoms with Gasteiger partial charge in [-0.2, -0.15) is 36.9 Å². The lowest BCUT2D eigenvalue weighted by Gasteiger charge is -2.27. The van der Waals surface area contributed by atoms with Gasteiger partial charge in [0.2, 0.25) is 0 Å². The zero-order chi connectivity index (χ0) is 17.8. The number of hydrogen-bond donors (Lipinski definition) is 0. The molecular weight excluding hydrogens is 324 g/mol. The zero-order valence-corrected chi connectivity index (χ0v) is 11.8. The lowest BCUT2D eigenvalue weighted by molar-refractivity contribution is -0.137. The number of nitriles is 2. The Hall–Kier alpha value is -2.42. The SMILES string of the molecule is CC(C#N)CN(CC(F)(F)F)c1ccc(C#N)c(C(F)(F)F)c1. The molecule has 0 saturated carbocycles. The Balaban J connectivity index is 3.31. The van der Waals surface area contributed by atoms with Gasteiger partial charge in [0.05, 0.1) is 29.2 Å². The van der Waals surface area contributed by atoms with Gasteiger partial charge in [0.15, 0.2) is 0 Å². The molecule has 0 aliphatic rings. The highest BCUT2D eigenvalue weighted by molar-refractivity contribution is 5.55. The second-order valence-electron chi connectivity index (χ2n) is 4.87. The second-order valence-corrected chi connectivity index (χ2v) is 4.87. The van der Waals surface area contributed by atoms with Crippen LogP contribution in [0.5, 0.6) is 0 Å². The molecule has 23 heavy (non-hydrogen) atoms. The summed E-state index contributed by atoms with van der Waals surface area (Å²) >= 11 is 0. The van der Waals surface area contributed by atoms with Gasteiger partial charge in [0, 0.05) is 12.2 Å². The predicted molar refractivity (Wildman–Crippen MR) is 69.2 cm³/mol. The predicted octanol–water partition coefficient (Wildman–Crippen LogP) is 4.11. The highest BCUT2D eigenvalue weighted by atomic mass is 19.4. The van der Waals surface area contributed by atoms with E-state index in [-0.39, 0.29) is 12.2 Å². The summed E-state index contributed by atoms with van der Waals surface area (Å²) < 4.78 is 76.6. The van der Waals surface area contributed by atoms with Crippen LogP contribution in [0.1, 0.15) is 18.1 Å². The Morgan fingerprint density at radius 1 is 1.13 bits per heavy atom. The van der Waals surface area contributed by atoms with Crippen molar-refractivity contribution in [1.82, 2.24) is 0 Å². The number of anilines is 1. The standard InChI is InChI=1S/C14H11F6N3/c1-9(5-21)7-23(8-13(15,16)17)11-3-2-10(6-22)12(4-11)14(18,19)20/h2-4,9H,7-8H2,1H3. The number of nitrogens with zero attached hydrogens (tertiary/aromatic N) is 3. The van der Waals surface area contributed by atoms with Crippen LogP contribution in [-0.2, 0) is 6.18 Å². The van der Waals surface area contributed by atoms with E-state index in [9.17, 15) is 26.3 Å². The smallest absolute Gasteiger partial charge is 0.361 e. The van der Waals surface area contributed by atoms with E-state index in [0.29, 0.717) is 11.0 Å². The van der Waals surface area contributed by atoms with E-state index in [0.717, 1.165) is 12.1 Å². The summed E-state index contributed by atoms with van der Waals surface area (Å²) in [5, 5.41) is 17.4. The molecule has 0 radical (unpaired) electrons. The van der Waals surface area contributed by atoms with Crippen LogP contribution < -0.4 is 4.90 Å².